The van der Waals surface area contributed by atoms with E-state index in [2.05, 4.69) is 5.32 Å². The summed E-state index contributed by atoms with van der Waals surface area (Å²) in [6, 6.07) is 16.4. The molecule has 0 bridgehead atoms. The molecule has 1 N–H and O–H groups in total. The highest BCUT2D eigenvalue weighted by molar-refractivity contribution is 7.92. The number of sulfone groups is 1. The van der Waals surface area contributed by atoms with Crippen LogP contribution in [-0.2, 0) is 9.84 Å². The monoisotopic (exact) mass is 259 g/mol. The maximum atomic E-state index is 12.6. The zero-order chi connectivity index (χ0) is 12.6. The smallest absolute Gasteiger partial charge is 0.189 e. The molecule has 1 unspecified atom stereocenters. The van der Waals surface area contributed by atoms with E-state index in [9.17, 15) is 8.42 Å². The number of benzene rings is 2. The SMILES string of the molecule is O=S1(=O)c2ccccc2NCC1c1ccccc1. The highest BCUT2D eigenvalue weighted by Gasteiger charge is 2.34. The van der Waals surface area contributed by atoms with Gasteiger partial charge in [0.05, 0.1) is 10.6 Å². The normalized spacial score (nSPS) is 20.8. The Labute approximate surface area is 106 Å². The van der Waals surface area contributed by atoms with Crippen LogP contribution in [0.4, 0.5) is 5.69 Å². The third kappa shape index (κ3) is 1.69. The number of nitrogens with one attached hydrogen (secondary N) is 1. The summed E-state index contributed by atoms with van der Waals surface area (Å²) in [6.45, 7) is 0.420. The van der Waals surface area contributed by atoms with Gasteiger partial charge in [0.1, 0.15) is 5.25 Å². The van der Waals surface area contributed by atoms with Crippen LogP contribution in [-0.4, -0.2) is 15.0 Å². The predicted molar refractivity (Wildman–Crippen MR) is 71.3 cm³/mol. The second-order valence-corrected chi connectivity index (χ2v) is 6.42. The molecule has 92 valence electrons. The lowest BCUT2D eigenvalue weighted by Gasteiger charge is -2.26. The molecule has 3 rings (SSSR count). The van der Waals surface area contributed by atoms with Crippen LogP contribution in [0, 0.1) is 0 Å². The third-order valence-electron chi connectivity index (χ3n) is 3.22. The zero-order valence-electron chi connectivity index (χ0n) is 9.71. The Bertz CT molecular complexity index is 665. The minimum absolute atomic E-state index is 0.394. The molecule has 0 aromatic heterocycles. The van der Waals surface area contributed by atoms with E-state index in [0.717, 1.165) is 5.56 Å². The van der Waals surface area contributed by atoms with Crippen molar-refractivity contribution in [1.29, 1.82) is 0 Å². The molecule has 2 aromatic rings. The van der Waals surface area contributed by atoms with E-state index in [1.165, 1.54) is 0 Å². The Morgan fingerprint density at radius 2 is 1.61 bits per heavy atom. The maximum Gasteiger partial charge on any atom is 0.189 e. The van der Waals surface area contributed by atoms with Crippen molar-refractivity contribution in [3.05, 3.63) is 60.2 Å². The molecule has 0 radical (unpaired) electrons. The van der Waals surface area contributed by atoms with Gasteiger partial charge in [0, 0.05) is 6.54 Å². The van der Waals surface area contributed by atoms with E-state index in [-0.39, 0.29) is 0 Å². The maximum absolute atomic E-state index is 12.6. The van der Waals surface area contributed by atoms with Crippen LogP contribution in [0.1, 0.15) is 10.8 Å². The van der Waals surface area contributed by atoms with Gasteiger partial charge in [-0.1, -0.05) is 42.5 Å². The van der Waals surface area contributed by atoms with Crippen molar-refractivity contribution in [3.63, 3.8) is 0 Å². The molecule has 1 atom stereocenters. The van der Waals surface area contributed by atoms with Crippen molar-refractivity contribution in [1.82, 2.24) is 0 Å². The number of hydrogen-bond acceptors (Lipinski definition) is 3. The minimum atomic E-state index is -3.30. The quantitative estimate of drug-likeness (QED) is 0.856. The number of rotatable bonds is 1. The van der Waals surface area contributed by atoms with Gasteiger partial charge >= 0.3 is 0 Å². The predicted octanol–water partition coefficient (Wildman–Crippen LogP) is 2.63. The first-order valence-corrected chi connectivity index (χ1v) is 7.36. The average Bonchev–Trinajstić information content (AvgIpc) is 2.40. The Kier molecular flexibility index (Phi) is 2.59. The molecule has 0 saturated heterocycles. The molecule has 0 aliphatic carbocycles. The fourth-order valence-corrected chi connectivity index (χ4v) is 4.13. The van der Waals surface area contributed by atoms with Gasteiger partial charge in [-0.15, -0.1) is 0 Å². The van der Waals surface area contributed by atoms with E-state index in [1.807, 2.05) is 36.4 Å². The van der Waals surface area contributed by atoms with Crippen molar-refractivity contribution < 1.29 is 8.42 Å². The van der Waals surface area contributed by atoms with Gasteiger partial charge in [-0.2, -0.15) is 0 Å². The third-order valence-corrected chi connectivity index (χ3v) is 5.37. The molecule has 18 heavy (non-hydrogen) atoms. The van der Waals surface area contributed by atoms with Gasteiger partial charge in [-0.25, -0.2) is 8.42 Å². The standard InChI is InChI=1S/C14H13NO2S/c16-18(17)13-9-5-4-8-12(13)15-10-14(18)11-6-2-1-3-7-11/h1-9,14-15H,10H2. The van der Waals surface area contributed by atoms with E-state index in [4.69, 9.17) is 0 Å². The van der Waals surface area contributed by atoms with Crippen molar-refractivity contribution in [2.45, 2.75) is 10.1 Å². The molecule has 2 aromatic carbocycles. The second kappa shape index (κ2) is 4.14. The van der Waals surface area contributed by atoms with Gasteiger partial charge in [-0.3, -0.25) is 0 Å². The lowest BCUT2D eigenvalue weighted by atomic mass is 10.1. The van der Waals surface area contributed by atoms with Gasteiger partial charge in [-0.05, 0) is 17.7 Å². The Balaban J connectivity index is 2.13. The Morgan fingerprint density at radius 1 is 0.944 bits per heavy atom. The summed E-state index contributed by atoms with van der Waals surface area (Å²) in [5.74, 6) is 0. The highest BCUT2D eigenvalue weighted by Crippen LogP contribution is 2.36. The first-order chi connectivity index (χ1) is 8.69. The highest BCUT2D eigenvalue weighted by atomic mass is 32.2. The van der Waals surface area contributed by atoms with Crippen molar-refractivity contribution in [2.24, 2.45) is 0 Å². The largest absolute Gasteiger partial charge is 0.382 e. The summed E-state index contributed by atoms with van der Waals surface area (Å²) in [5, 5.41) is 2.68. The van der Waals surface area contributed by atoms with Crippen molar-refractivity contribution in [3.8, 4) is 0 Å². The average molecular weight is 259 g/mol. The van der Waals surface area contributed by atoms with Crippen molar-refractivity contribution in [2.75, 3.05) is 11.9 Å². The number of hydrogen-bond donors (Lipinski definition) is 1. The summed E-state index contributed by atoms with van der Waals surface area (Å²) in [4.78, 5) is 0.394. The zero-order valence-corrected chi connectivity index (χ0v) is 10.5. The molecule has 3 nitrogen and oxygen atoms in total. The van der Waals surface area contributed by atoms with Gasteiger partial charge in [0.2, 0.25) is 0 Å². The van der Waals surface area contributed by atoms with Crippen LogP contribution in [0.2, 0.25) is 0 Å². The lowest BCUT2D eigenvalue weighted by molar-refractivity contribution is 0.581. The molecule has 0 saturated carbocycles. The first kappa shape index (κ1) is 11.3. The summed E-state index contributed by atoms with van der Waals surface area (Å²) in [6.07, 6.45) is 0. The minimum Gasteiger partial charge on any atom is -0.382 e. The summed E-state index contributed by atoms with van der Waals surface area (Å²) >= 11 is 0. The van der Waals surface area contributed by atoms with Crippen LogP contribution in [0.15, 0.2) is 59.5 Å². The van der Waals surface area contributed by atoms with Crippen LogP contribution < -0.4 is 5.32 Å². The van der Waals surface area contributed by atoms with Crippen LogP contribution in [0.3, 0.4) is 0 Å². The Morgan fingerprint density at radius 3 is 2.39 bits per heavy atom. The molecular weight excluding hydrogens is 246 g/mol. The lowest BCUT2D eigenvalue weighted by Crippen LogP contribution is -2.27. The number of fused-ring (bicyclic) bond motifs is 1. The van der Waals surface area contributed by atoms with Gasteiger partial charge in [0.15, 0.2) is 9.84 Å². The molecule has 0 fully saturated rings. The molecule has 0 spiro atoms. The van der Waals surface area contributed by atoms with E-state index in [1.54, 1.807) is 18.2 Å². The number of anilines is 1. The number of para-hydroxylation sites is 1. The summed E-state index contributed by atoms with van der Waals surface area (Å²) in [7, 11) is -3.30. The fourth-order valence-electron chi connectivity index (χ4n) is 2.29. The summed E-state index contributed by atoms with van der Waals surface area (Å²) in [5.41, 5.74) is 1.53. The molecule has 1 aliphatic heterocycles. The van der Waals surface area contributed by atoms with Gasteiger partial charge in [0.25, 0.3) is 0 Å². The fraction of sp³-hybridized carbons (Fsp3) is 0.143. The molecule has 1 aliphatic rings. The molecule has 1 heterocycles. The molecular formula is C14H13NO2S. The van der Waals surface area contributed by atoms with E-state index in [0.29, 0.717) is 17.1 Å². The first-order valence-electron chi connectivity index (χ1n) is 5.81. The van der Waals surface area contributed by atoms with Crippen LogP contribution in [0.5, 0.6) is 0 Å². The second-order valence-electron chi connectivity index (χ2n) is 4.32. The van der Waals surface area contributed by atoms with Crippen LogP contribution in [0.25, 0.3) is 0 Å². The van der Waals surface area contributed by atoms with Crippen molar-refractivity contribution >= 4 is 15.5 Å². The Hall–Kier alpha value is -1.81. The van der Waals surface area contributed by atoms with Crippen LogP contribution >= 0.6 is 0 Å². The summed E-state index contributed by atoms with van der Waals surface area (Å²) < 4.78 is 25.1. The van der Waals surface area contributed by atoms with Gasteiger partial charge < -0.3 is 5.32 Å². The van der Waals surface area contributed by atoms with E-state index >= 15 is 0 Å². The molecule has 0 amide bonds. The molecule has 4 heteroatoms. The van der Waals surface area contributed by atoms with E-state index < -0.39 is 15.1 Å². The topological polar surface area (TPSA) is 46.2 Å².